The van der Waals surface area contributed by atoms with E-state index in [2.05, 4.69) is 15.1 Å². The van der Waals surface area contributed by atoms with E-state index in [9.17, 15) is 4.39 Å². The maximum absolute atomic E-state index is 13.7. The average Bonchev–Trinajstić information content (AvgIpc) is 3.43. The fraction of sp³-hybridized carbons (Fsp3) is 0.158. The zero-order valence-electron chi connectivity index (χ0n) is 13.7. The van der Waals surface area contributed by atoms with Crippen molar-refractivity contribution in [3.05, 3.63) is 66.5 Å². The summed E-state index contributed by atoms with van der Waals surface area (Å²) in [5.41, 5.74) is 1.70. The summed E-state index contributed by atoms with van der Waals surface area (Å²) < 4.78 is 15.6. The lowest BCUT2D eigenvalue weighted by atomic mass is 10.2. The molecule has 128 valence electrons. The normalized spacial score (nSPS) is 14.0. The summed E-state index contributed by atoms with van der Waals surface area (Å²) in [6.45, 7) is 0. The molecule has 2 heterocycles. The van der Waals surface area contributed by atoms with Crippen LogP contribution in [0.15, 0.2) is 65.0 Å². The molecule has 0 N–H and O–H groups in total. The predicted octanol–water partition coefficient (Wildman–Crippen LogP) is 4.38. The van der Waals surface area contributed by atoms with E-state index in [1.807, 2.05) is 35.0 Å². The smallest absolute Gasteiger partial charge is 0.215 e. The van der Waals surface area contributed by atoms with Crippen LogP contribution < -0.4 is 0 Å². The molecule has 0 atom stereocenters. The minimum absolute atomic E-state index is 0.310. The maximum Gasteiger partial charge on any atom is 0.215 e. The first-order chi connectivity index (χ1) is 12.8. The molecule has 1 aliphatic rings. The van der Waals surface area contributed by atoms with Gasteiger partial charge in [-0.1, -0.05) is 18.2 Å². The lowest BCUT2D eigenvalue weighted by molar-refractivity contribution is 0.629. The van der Waals surface area contributed by atoms with Crippen molar-refractivity contribution in [1.29, 1.82) is 0 Å². The van der Waals surface area contributed by atoms with Crippen molar-refractivity contribution in [3.8, 4) is 5.69 Å². The molecule has 0 amide bonds. The fourth-order valence-electron chi connectivity index (χ4n) is 2.89. The molecule has 0 spiro atoms. The van der Waals surface area contributed by atoms with Gasteiger partial charge in [0.15, 0.2) is 0 Å². The summed E-state index contributed by atoms with van der Waals surface area (Å²) in [6, 6.07) is 14.5. The molecule has 1 aliphatic carbocycles. The monoisotopic (exact) mass is 363 g/mol. The molecule has 5 nitrogen and oxygen atoms in total. The van der Waals surface area contributed by atoms with Crippen molar-refractivity contribution in [1.82, 2.24) is 24.7 Å². The van der Waals surface area contributed by atoms with Gasteiger partial charge in [0, 0.05) is 11.3 Å². The van der Waals surface area contributed by atoms with Gasteiger partial charge in [-0.05, 0) is 54.9 Å². The van der Waals surface area contributed by atoms with Gasteiger partial charge in [-0.15, -0.1) is 5.10 Å². The van der Waals surface area contributed by atoms with Crippen molar-refractivity contribution >= 4 is 22.7 Å². The first-order valence-electron chi connectivity index (χ1n) is 8.38. The molecule has 0 saturated heterocycles. The van der Waals surface area contributed by atoms with Crippen molar-refractivity contribution in [2.45, 2.75) is 28.9 Å². The molecule has 1 saturated carbocycles. The van der Waals surface area contributed by atoms with E-state index in [4.69, 9.17) is 4.98 Å². The van der Waals surface area contributed by atoms with Crippen molar-refractivity contribution in [3.63, 3.8) is 0 Å². The summed E-state index contributed by atoms with van der Waals surface area (Å²) in [6.07, 6.45) is 3.76. The number of benzene rings is 2. The Morgan fingerprint density at radius 1 is 1.04 bits per heavy atom. The summed E-state index contributed by atoms with van der Waals surface area (Å²) in [4.78, 5) is 13.2. The lowest BCUT2D eigenvalue weighted by Gasteiger charge is -2.03. The van der Waals surface area contributed by atoms with Crippen LogP contribution in [0.4, 0.5) is 4.39 Å². The number of hydrogen-bond acceptors (Lipinski definition) is 5. The fourth-order valence-corrected chi connectivity index (χ4v) is 3.69. The number of para-hydroxylation sites is 1. The van der Waals surface area contributed by atoms with Crippen LogP contribution in [0.2, 0.25) is 0 Å². The highest BCUT2D eigenvalue weighted by Crippen LogP contribution is 2.41. The first kappa shape index (κ1) is 15.5. The molecule has 5 rings (SSSR count). The Bertz CT molecular complexity index is 1090. The Hall–Kier alpha value is -2.80. The van der Waals surface area contributed by atoms with Gasteiger partial charge >= 0.3 is 0 Å². The molecule has 2 aromatic carbocycles. The average molecular weight is 363 g/mol. The van der Waals surface area contributed by atoms with Crippen LogP contribution >= 0.6 is 11.8 Å². The van der Waals surface area contributed by atoms with Crippen molar-refractivity contribution < 1.29 is 4.39 Å². The molecule has 7 heteroatoms. The quantitative estimate of drug-likeness (QED) is 0.504. The standard InChI is InChI=1S/C19H14FN5S/c20-13-8-9-16-15(10-13)18(22-11-21-16)26-19-23-17(12-6-7-12)25(24-19)14-4-2-1-3-5-14/h1-5,8-12H,6-7H2. The highest BCUT2D eigenvalue weighted by Gasteiger charge is 2.30. The minimum atomic E-state index is -0.310. The Kier molecular flexibility index (Phi) is 3.67. The van der Waals surface area contributed by atoms with Crippen molar-refractivity contribution in [2.24, 2.45) is 0 Å². The molecule has 4 aromatic rings. The molecule has 26 heavy (non-hydrogen) atoms. The highest BCUT2D eigenvalue weighted by molar-refractivity contribution is 7.99. The lowest BCUT2D eigenvalue weighted by Crippen LogP contribution is -2.01. The SMILES string of the molecule is Fc1ccc2ncnc(Sc3nc(C4CC4)n(-c4ccccc4)n3)c2c1. The second-order valence-corrected chi connectivity index (χ2v) is 7.17. The van der Waals surface area contributed by atoms with E-state index in [1.54, 1.807) is 6.07 Å². The third-order valence-corrected chi connectivity index (χ3v) is 5.18. The Labute approximate surface area is 153 Å². The Balaban J connectivity index is 1.57. The topological polar surface area (TPSA) is 56.5 Å². The van der Waals surface area contributed by atoms with E-state index in [-0.39, 0.29) is 5.82 Å². The molecule has 0 unspecified atom stereocenters. The zero-order valence-corrected chi connectivity index (χ0v) is 14.5. The van der Waals surface area contributed by atoms with Crippen LogP contribution in [0, 0.1) is 5.82 Å². The van der Waals surface area contributed by atoms with Gasteiger partial charge in [0.05, 0.1) is 11.2 Å². The van der Waals surface area contributed by atoms with Crippen molar-refractivity contribution in [2.75, 3.05) is 0 Å². The second-order valence-electron chi connectivity index (χ2n) is 6.22. The first-order valence-corrected chi connectivity index (χ1v) is 9.20. The summed E-state index contributed by atoms with van der Waals surface area (Å²) in [7, 11) is 0. The van der Waals surface area contributed by atoms with Gasteiger partial charge in [-0.3, -0.25) is 0 Å². The summed E-state index contributed by atoms with van der Waals surface area (Å²) in [5.74, 6) is 1.12. The van der Waals surface area contributed by atoms with Gasteiger partial charge < -0.3 is 0 Å². The van der Waals surface area contributed by atoms with Crippen LogP contribution in [0.5, 0.6) is 0 Å². The third-order valence-electron chi connectivity index (χ3n) is 4.30. The molecule has 1 fully saturated rings. The van der Waals surface area contributed by atoms with E-state index >= 15 is 0 Å². The van der Waals surface area contributed by atoms with Crippen LogP contribution in [0.25, 0.3) is 16.6 Å². The number of fused-ring (bicyclic) bond motifs is 1. The largest absolute Gasteiger partial charge is 0.236 e. The third kappa shape index (κ3) is 2.84. The van der Waals surface area contributed by atoms with Crippen LogP contribution in [-0.4, -0.2) is 24.7 Å². The zero-order chi connectivity index (χ0) is 17.5. The molecule has 2 aromatic heterocycles. The number of halogens is 1. The van der Waals surface area contributed by atoms with Gasteiger partial charge in [-0.2, -0.15) is 0 Å². The summed E-state index contributed by atoms with van der Waals surface area (Å²) >= 11 is 1.34. The minimum Gasteiger partial charge on any atom is -0.236 e. The molecule has 0 bridgehead atoms. The van der Waals surface area contributed by atoms with Crippen LogP contribution in [0.1, 0.15) is 24.6 Å². The molecular formula is C19H14FN5S. The second kappa shape index (κ2) is 6.17. The predicted molar refractivity (Wildman–Crippen MR) is 97.0 cm³/mol. The number of nitrogens with zero attached hydrogens (tertiary/aromatic N) is 5. The molecular weight excluding hydrogens is 349 g/mol. The van der Waals surface area contributed by atoms with E-state index in [1.165, 1.54) is 30.2 Å². The van der Waals surface area contributed by atoms with E-state index < -0.39 is 0 Å². The Morgan fingerprint density at radius 2 is 1.88 bits per heavy atom. The van der Waals surface area contributed by atoms with Gasteiger partial charge in [0.2, 0.25) is 5.16 Å². The van der Waals surface area contributed by atoms with Gasteiger partial charge in [0.1, 0.15) is 23.0 Å². The van der Waals surface area contributed by atoms with Crippen LogP contribution in [-0.2, 0) is 0 Å². The Morgan fingerprint density at radius 3 is 2.69 bits per heavy atom. The van der Waals surface area contributed by atoms with Crippen LogP contribution in [0.3, 0.4) is 0 Å². The van der Waals surface area contributed by atoms with E-state index in [0.717, 1.165) is 24.4 Å². The maximum atomic E-state index is 13.7. The van der Waals surface area contributed by atoms with E-state index in [0.29, 0.717) is 27.0 Å². The highest BCUT2D eigenvalue weighted by atomic mass is 32.2. The number of aromatic nitrogens is 5. The van der Waals surface area contributed by atoms with Gasteiger partial charge in [0.25, 0.3) is 0 Å². The summed E-state index contributed by atoms with van der Waals surface area (Å²) in [5, 5.41) is 6.61. The molecule has 0 radical (unpaired) electrons. The molecule has 0 aliphatic heterocycles. The van der Waals surface area contributed by atoms with Gasteiger partial charge in [-0.25, -0.2) is 24.0 Å². The number of hydrogen-bond donors (Lipinski definition) is 0. The number of rotatable bonds is 4.